The summed E-state index contributed by atoms with van der Waals surface area (Å²) in [6.07, 6.45) is 1.62. The van der Waals surface area contributed by atoms with Crippen LogP contribution in [0.5, 0.6) is 0 Å². The van der Waals surface area contributed by atoms with Gasteiger partial charge in [0.1, 0.15) is 5.76 Å². The molecule has 0 amide bonds. The minimum Gasteiger partial charge on any atom is -0.467 e. The molecule has 0 radical (unpaired) electrons. The van der Waals surface area contributed by atoms with Crippen LogP contribution in [0.15, 0.2) is 47.1 Å². The first kappa shape index (κ1) is 17.2. The zero-order chi connectivity index (χ0) is 16.7. The van der Waals surface area contributed by atoms with Crippen molar-refractivity contribution in [2.45, 2.75) is 26.3 Å². The smallest absolute Gasteiger partial charge is 0.189 e. The second-order valence-electron chi connectivity index (χ2n) is 5.24. The number of hydrazine groups is 1. The Morgan fingerprint density at radius 3 is 2.35 bits per heavy atom. The molecule has 2 aromatic rings. The van der Waals surface area contributed by atoms with Crippen molar-refractivity contribution in [3.05, 3.63) is 54.0 Å². The Hall–Kier alpha value is -2.12. The summed E-state index contributed by atoms with van der Waals surface area (Å²) in [5.41, 5.74) is 7.86. The Bertz CT molecular complexity index is 639. The fourth-order valence-corrected chi connectivity index (χ4v) is 2.14. The van der Waals surface area contributed by atoms with Crippen LogP contribution in [0.3, 0.4) is 0 Å². The van der Waals surface area contributed by atoms with Gasteiger partial charge in [-0.1, -0.05) is 26.0 Å². The molecule has 0 saturated carbocycles. The lowest BCUT2D eigenvalue weighted by molar-refractivity contribution is 0.502. The molecule has 1 heterocycles. The van der Waals surface area contributed by atoms with Crippen LogP contribution in [0, 0.1) is 0 Å². The lowest BCUT2D eigenvalue weighted by Gasteiger charge is -2.14. The van der Waals surface area contributed by atoms with Gasteiger partial charge in [-0.15, -0.1) is 0 Å². The highest BCUT2D eigenvalue weighted by Gasteiger charge is 2.02. The standard InChI is InChI=1S/C16H20N4OS2/c1-11(2)12-5-7-13(8-6-12)18-16(23)20-19-15(22)17-10-14-4-3-9-21-14/h3-9,11H,10H2,1-2H3,(H2,17,19,22)(H2,18,20,23). The van der Waals surface area contributed by atoms with Gasteiger partial charge in [0.2, 0.25) is 0 Å². The summed E-state index contributed by atoms with van der Waals surface area (Å²) < 4.78 is 5.21. The molecule has 0 atom stereocenters. The molecule has 0 aliphatic rings. The molecule has 0 bridgehead atoms. The normalized spacial score (nSPS) is 10.2. The maximum absolute atomic E-state index is 5.21. The summed E-state index contributed by atoms with van der Waals surface area (Å²) in [6, 6.07) is 11.9. The van der Waals surface area contributed by atoms with Crippen molar-refractivity contribution in [3.8, 4) is 0 Å². The van der Waals surface area contributed by atoms with E-state index in [4.69, 9.17) is 28.9 Å². The Morgan fingerprint density at radius 2 is 1.74 bits per heavy atom. The Kier molecular flexibility index (Phi) is 6.37. The molecule has 0 saturated heterocycles. The monoisotopic (exact) mass is 348 g/mol. The molecule has 0 aliphatic heterocycles. The molecule has 0 fully saturated rings. The molecule has 122 valence electrons. The number of rotatable bonds is 4. The van der Waals surface area contributed by atoms with Crippen LogP contribution < -0.4 is 21.5 Å². The van der Waals surface area contributed by atoms with Gasteiger partial charge in [0.25, 0.3) is 0 Å². The summed E-state index contributed by atoms with van der Waals surface area (Å²) in [6.45, 7) is 4.84. The molecule has 1 aromatic heterocycles. The molecule has 1 aromatic carbocycles. The topological polar surface area (TPSA) is 61.3 Å². The fourth-order valence-electron chi connectivity index (χ4n) is 1.85. The molecule has 7 heteroatoms. The van der Waals surface area contributed by atoms with Gasteiger partial charge in [-0.3, -0.25) is 10.9 Å². The largest absolute Gasteiger partial charge is 0.467 e. The summed E-state index contributed by atoms with van der Waals surface area (Å²) in [5.74, 6) is 1.31. The van der Waals surface area contributed by atoms with Crippen molar-refractivity contribution in [1.82, 2.24) is 16.2 Å². The second kappa shape index (κ2) is 8.50. The SMILES string of the molecule is CC(C)c1ccc(NC(=S)NNC(=S)NCc2ccco2)cc1. The highest BCUT2D eigenvalue weighted by atomic mass is 32.1. The lowest BCUT2D eigenvalue weighted by atomic mass is 10.0. The second-order valence-corrected chi connectivity index (χ2v) is 6.06. The van der Waals surface area contributed by atoms with E-state index >= 15 is 0 Å². The van der Waals surface area contributed by atoms with E-state index in [1.165, 1.54) is 5.56 Å². The fraction of sp³-hybridized carbons (Fsp3) is 0.250. The molecule has 5 nitrogen and oxygen atoms in total. The van der Waals surface area contributed by atoms with Gasteiger partial charge >= 0.3 is 0 Å². The first-order valence-corrected chi connectivity index (χ1v) is 8.09. The van der Waals surface area contributed by atoms with Crippen molar-refractivity contribution in [2.24, 2.45) is 0 Å². The average molecular weight is 348 g/mol. The van der Waals surface area contributed by atoms with Crippen LogP contribution in [0.4, 0.5) is 5.69 Å². The minimum atomic E-state index is 0.431. The molecular formula is C16H20N4OS2. The van der Waals surface area contributed by atoms with Crippen molar-refractivity contribution in [2.75, 3.05) is 5.32 Å². The lowest BCUT2D eigenvalue weighted by Crippen LogP contribution is -2.47. The Balaban J connectivity index is 1.70. The molecule has 0 aliphatic carbocycles. The van der Waals surface area contributed by atoms with Crippen LogP contribution in [0.1, 0.15) is 31.1 Å². The van der Waals surface area contributed by atoms with Crippen molar-refractivity contribution in [1.29, 1.82) is 0 Å². The number of furan rings is 1. The molecule has 0 unspecified atom stereocenters. The number of benzene rings is 1. The Labute approximate surface area is 146 Å². The van der Waals surface area contributed by atoms with Crippen LogP contribution in [0.2, 0.25) is 0 Å². The minimum absolute atomic E-state index is 0.431. The van der Waals surface area contributed by atoms with Gasteiger partial charge in [0.15, 0.2) is 10.2 Å². The third-order valence-corrected chi connectivity index (χ3v) is 3.58. The van der Waals surface area contributed by atoms with Gasteiger partial charge in [-0.2, -0.15) is 0 Å². The molecule has 4 N–H and O–H groups in total. The third kappa shape index (κ3) is 5.88. The predicted molar refractivity (Wildman–Crippen MR) is 101 cm³/mol. The maximum Gasteiger partial charge on any atom is 0.189 e. The molecule has 0 spiro atoms. The van der Waals surface area contributed by atoms with Crippen molar-refractivity contribution in [3.63, 3.8) is 0 Å². The van der Waals surface area contributed by atoms with E-state index in [9.17, 15) is 0 Å². The Morgan fingerprint density at radius 1 is 1.04 bits per heavy atom. The highest BCUT2D eigenvalue weighted by Crippen LogP contribution is 2.16. The summed E-state index contributed by atoms with van der Waals surface area (Å²) in [7, 11) is 0. The number of anilines is 1. The van der Waals surface area contributed by atoms with E-state index in [0.717, 1.165) is 11.4 Å². The van der Waals surface area contributed by atoms with Gasteiger partial charge < -0.3 is 15.1 Å². The van der Waals surface area contributed by atoms with E-state index < -0.39 is 0 Å². The van der Waals surface area contributed by atoms with Crippen molar-refractivity contribution < 1.29 is 4.42 Å². The van der Waals surface area contributed by atoms with Crippen LogP contribution in [-0.4, -0.2) is 10.2 Å². The van der Waals surface area contributed by atoms with Gasteiger partial charge in [0, 0.05) is 5.69 Å². The average Bonchev–Trinajstić information content (AvgIpc) is 3.05. The molecular weight excluding hydrogens is 328 g/mol. The van der Waals surface area contributed by atoms with E-state index in [2.05, 4.69) is 47.5 Å². The van der Waals surface area contributed by atoms with Crippen molar-refractivity contribution >= 4 is 40.3 Å². The molecule has 2 rings (SSSR count). The van der Waals surface area contributed by atoms with E-state index in [-0.39, 0.29) is 0 Å². The number of hydrogen-bond acceptors (Lipinski definition) is 3. The maximum atomic E-state index is 5.21. The molecule has 23 heavy (non-hydrogen) atoms. The summed E-state index contributed by atoms with van der Waals surface area (Å²) in [4.78, 5) is 0. The van der Waals surface area contributed by atoms with Crippen LogP contribution in [0.25, 0.3) is 0 Å². The highest BCUT2D eigenvalue weighted by molar-refractivity contribution is 7.80. The van der Waals surface area contributed by atoms with Gasteiger partial charge in [-0.05, 0) is 60.2 Å². The number of thiocarbonyl (C=S) groups is 2. The zero-order valence-electron chi connectivity index (χ0n) is 13.1. The summed E-state index contributed by atoms with van der Waals surface area (Å²) in [5, 5.41) is 6.95. The van der Waals surface area contributed by atoms with Gasteiger partial charge in [-0.25, -0.2) is 0 Å². The van der Waals surface area contributed by atoms with E-state index in [0.29, 0.717) is 22.7 Å². The quantitative estimate of drug-likeness (QED) is 0.500. The first-order chi connectivity index (χ1) is 11.0. The third-order valence-electron chi connectivity index (χ3n) is 3.13. The zero-order valence-corrected chi connectivity index (χ0v) is 14.7. The predicted octanol–water partition coefficient (Wildman–Crippen LogP) is 3.27. The van der Waals surface area contributed by atoms with Gasteiger partial charge in [0.05, 0.1) is 12.8 Å². The van der Waals surface area contributed by atoms with E-state index in [1.54, 1.807) is 6.26 Å². The number of nitrogens with one attached hydrogen (secondary N) is 4. The van der Waals surface area contributed by atoms with Crippen LogP contribution >= 0.6 is 24.4 Å². The number of hydrogen-bond donors (Lipinski definition) is 4. The summed E-state index contributed by atoms with van der Waals surface area (Å²) >= 11 is 10.4. The van der Waals surface area contributed by atoms with E-state index in [1.807, 2.05) is 24.3 Å². The van der Waals surface area contributed by atoms with Crippen LogP contribution in [-0.2, 0) is 6.54 Å². The first-order valence-electron chi connectivity index (χ1n) is 7.28.